The van der Waals surface area contributed by atoms with Gasteiger partial charge in [0.1, 0.15) is 5.78 Å². The van der Waals surface area contributed by atoms with E-state index in [0.717, 1.165) is 218 Å². The number of rotatable bonds is 17. The van der Waals surface area contributed by atoms with Gasteiger partial charge in [0, 0.05) is 127 Å². The Morgan fingerprint density at radius 2 is 0.602 bits per heavy atom. The van der Waals surface area contributed by atoms with Crippen LogP contribution in [0.4, 0.5) is 23.3 Å². The summed E-state index contributed by atoms with van der Waals surface area (Å²) in [6, 6.07) is 35.8. The quantitative estimate of drug-likeness (QED) is 0.0866. The number of fused-ring (bicyclic) bond motifs is 4. The van der Waals surface area contributed by atoms with Crippen LogP contribution in [0.2, 0.25) is 0 Å². The van der Waals surface area contributed by atoms with Gasteiger partial charge in [-0.15, -0.1) is 0 Å². The molecule has 0 unspecified atom stereocenters. The molecule has 1 atom stereocenters. The zero-order chi connectivity index (χ0) is 84.8. The van der Waals surface area contributed by atoms with E-state index in [-0.39, 0.29) is 76.4 Å². The Morgan fingerprint density at radius 1 is 0.309 bits per heavy atom. The highest BCUT2D eigenvalue weighted by atomic mass is 16.2. The molecule has 0 spiro atoms. The first-order valence-electron chi connectivity index (χ1n) is 49.4. The molecule has 22 heteroatoms. The maximum absolute atomic E-state index is 13.8. The molecule has 666 valence electrons. The summed E-state index contributed by atoms with van der Waals surface area (Å²) >= 11 is 0. The highest BCUT2D eigenvalue weighted by molar-refractivity contribution is 5.86. The van der Waals surface area contributed by atoms with Crippen molar-refractivity contribution in [3.8, 4) is 0 Å². The van der Waals surface area contributed by atoms with E-state index in [2.05, 4.69) is 74.8 Å². The SMILES string of the molecule is CC(=O)CNc1nc2ccccc2n(C2CCN(C3CCCCCCC3)CC2)c1=O.CC(=O)[C@@H]1CCCN1c1nc2ccccc2n(C2CCN(C3CCCCCCC3)CC2)c1=O.CCCNc1nc2ccccc2n(C2CCN(C3CCCCCCC3)CC2)c1=O.O=c1c(N2CCCCC2)nc2ccccc2n1C1CCN(C2CCCCCCC2)CC1. The van der Waals surface area contributed by atoms with Crippen LogP contribution >= 0.6 is 0 Å². The van der Waals surface area contributed by atoms with Crippen LogP contribution in [-0.2, 0) is 9.59 Å². The minimum atomic E-state index is -0.221. The van der Waals surface area contributed by atoms with Gasteiger partial charge in [0.25, 0.3) is 22.2 Å². The summed E-state index contributed by atoms with van der Waals surface area (Å²) in [6.45, 7) is 17.5. The van der Waals surface area contributed by atoms with Gasteiger partial charge in [-0.3, -0.25) is 28.8 Å². The Morgan fingerprint density at radius 3 is 0.935 bits per heavy atom. The lowest BCUT2D eigenvalue weighted by molar-refractivity contribution is -0.118. The Hall–Kier alpha value is -8.18. The molecule has 10 aliphatic rings. The number of benzene rings is 4. The van der Waals surface area contributed by atoms with Crippen molar-refractivity contribution >= 4 is 79.0 Å². The van der Waals surface area contributed by atoms with Crippen molar-refractivity contribution < 1.29 is 9.59 Å². The van der Waals surface area contributed by atoms with E-state index in [1.54, 1.807) is 6.92 Å². The predicted octanol–water partition coefficient (Wildman–Crippen LogP) is 19.0. The van der Waals surface area contributed by atoms with Crippen LogP contribution in [0, 0.1) is 0 Å². The van der Waals surface area contributed by atoms with Gasteiger partial charge < -0.3 is 58.3 Å². The van der Waals surface area contributed by atoms with Gasteiger partial charge in [-0.1, -0.05) is 184 Å². The maximum atomic E-state index is 13.8. The number of nitrogens with zero attached hydrogens (tertiary/aromatic N) is 14. The number of hydrogen-bond donors (Lipinski definition) is 2. The fourth-order valence-electron chi connectivity index (χ4n) is 22.9. The van der Waals surface area contributed by atoms with Crippen molar-refractivity contribution in [2.45, 2.75) is 345 Å². The molecule has 6 aliphatic heterocycles. The smallest absolute Gasteiger partial charge is 0.294 e. The summed E-state index contributed by atoms with van der Waals surface area (Å²) in [7, 11) is 0. The van der Waals surface area contributed by atoms with Gasteiger partial charge in [0.05, 0.1) is 56.7 Å². The molecule has 4 saturated carbocycles. The van der Waals surface area contributed by atoms with Gasteiger partial charge >= 0.3 is 0 Å². The third kappa shape index (κ3) is 22.6. The first-order valence-corrected chi connectivity index (χ1v) is 49.4. The largest absolute Gasteiger partial charge is 0.365 e. The third-order valence-corrected chi connectivity index (χ3v) is 29.7. The highest BCUT2D eigenvalue weighted by Crippen LogP contribution is 2.37. The molecule has 10 heterocycles. The van der Waals surface area contributed by atoms with Crippen LogP contribution < -0.4 is 42.7 Å². The van der Waals surface area contributed by atoms with Crippen molar-refractivity contribution in [1.29, 1.82) is 0 Å². The molecule has 4 aliphatic carbocycles. The van der Waals surface area contributed by atoms with Crippen LogP contribution in [0.3, 0.4) is 0 Å². The second kappa shape index (κ2) is 44.8. The molecule has 2 N–H and O–H groups in total. The minimum Gasteiger partial charge on any atom is -0.365 e. The van der Waals surface area contributed by atoms with Crippen LogP contribution in [0.1, 0.15) is 315 Å². The van der Waals surface area contributed by atoms with Crippen molar-refractivity contribution in [3.05, 3.63) is 138 Å². The number of hydrogen-bond acceptors (Lipinski definition) is 18. The molecule has 10 fully saturated rings. The summed E-state index contributed by atoms with van der Waals surface area (Å²) in [5.74, 6) is 2.05. The van der Waals surface area contributed by atoms with Crippen molar-refractivity contribution in [3.63, 3.8) is 0 Å². The lowest BCUT2D eigenvalue weighted by Gasteiger charge is -2.39. The van der Waals surface area contributed by atoms with Crippen molar-refractivity contribution in [2.75, 3.05) is 106 Å². The first kappa shape index (κ1) is 89.6. The van der Waals surface area contributed by atoms with E-state index >= 15 is 0 Å². The number of piperidine rings is 5. The van der Waals surface area contributed by atoms with E-state index in [1.807, 2.05) is 97.5 Å². The summed E-state index contributed by atoms with van der Waals surface area (Å²) in [4.78, 5) is 112. The first-order chi connectivity index (χ1) is 60.3. The minimum absolute atomic E-state index is 0.0107. The van der Waals surface area contributed by atoms with E-state index in [0.29, 0.717) is 29.5 Å². The average Bonchev–Trinajstić information content (AvgIpc) is 1.74. The van der Waals surface area contributed by atoms with Crippen molar-refractivity contribution in [1.82, 2.24) is 57.8 Å². The Kier molecular flexibility index (Phi) is 32.7. The van der Waals surface area contributed by atoms with Crippen LogP contribution in [0.15, 0.2) is 116 Å². The lowest BCUT2D eigenvalue weighted by atomic mass is 9.93. The molecule has 123 heavy (non-hydrogen) atoms. The number of para-hydroxylation sites is 8. The van der Waals surface area contributed by atoms with Gasteiger partial charge in [-0.25, -0.2) is 19.9 Å². The number of likely N-dealkylation sites (tertiary alicyclic amines) is 4. The lowest BCUT2D eigenvalue weighted by Crippen LogP contribution is -2.45. The average molecular weight is 1680 g/mol. The van der Waals surface area contributed by atoms with Gasteiger partial charge in [-0.2, -0.15) is 0 Å². The molecule has 22 nitrogen and oxygen atoms in total. The molecule has 6 saturated heterocycles. The van der Waals surface area contributed by atoms with E-state index in [9.17, 15) is 28.8 Å². The number of Topliss-reactive ketones (excluding diaryl/α,β-unsaturated/α-hetero) is 2. The second-order valence-corrected chi connectivity index (χ2v) is 38.0. The van der Waals surface area contributed by atoms with Crippen molar-refractivity contribution in [2.24, 2.45) is 0 Å². The number of aromatic nitrogens is 8. The molecule has 4 aromatic heterocycles. The molecular weight excluding hydrogens is 1530 g/mol. The molecule has 4 aromatic carbocycles. The predicted molar refractivity (Wildman–Crippen MR) is 503 cm³/mol. The molecule has 0 bridgehead atoms. The topological polar surface area (TPSA) is 217 Å². The van der Waals surface area contributed by atoms with E-state index in [4.69, 9.17) is 9.97 Å². The fourth-order valence-corrected chi connectivity index (χ4v) is 22.9. The molecule has 0 amide bonds. The van der Waals surface area contributed by atoms with Gasteiger partial charge in [0.15, 0.2) is 29.1 Å². The van der Waals surface area contributed by atoms with Gasteiger partial charge in [0.2, 0.25) is 0 Å². The molecule has 8 aromatic rings. The molecule has 0 radical (unpaired) electrons. The number of carbonyl (C=O) groups excluding carboxylic acids is 2. The van der Waals surface area contributed by atoms with Crippen LogP contribution in [-0.4, -0.2) is 185 Å². The Balaban J connectivity index is 0.000000127. The maximum Gasteiger partial charge on any atom is 0.294 e. The summed E-state index contributed by atoms with van der Waals surface area (Å²) < 4.78 is 8.10. The Labute approximate surface area is 731 Å². The number of carbonyl (C=O) groups is 2. The zero-order valence-electron chi connectivity index (χ0n) is 75.0. The number of ketones is 2. The normalized spacial score (nSPS) is 22.0. The van der Waals surface area contributed by atoms with Crippen LogP contribution in [0.25, 0.3) is 44.1 Å². The highest BCUT2D eigenvalue weighted by Gasteiger charge is 2.37. The van der Waals surface area contributed by atoms with Crippen LogP contribution in [0.5, 0.6) is 0 Å². The van der Waals surface area contributed by atoms with Gasteiger partial charge in [-0.05, 0) is 204 Å². The van der Waals surface area contributed by atoms with E-state index < -0.39 is 0 Å². The standard InChI is InChI=1S/C27H38N4O2.C26H38N4O.C24H34N4O2.C24H36N4O/c1-20(32)24-14-9-17-30(24)26-27(33)31(25-13-8-7-12-23(25)28-26)22-15-18-29(19-16-22)21-10-5-3-2-4-6-11-21;31-26-25(29-17-9-4-10-18-29)27-23-13-7-8-14-24(23)30(26)22-15-19-28(20-16-22)21-11-5-2-1-3-6-12-21;1-18(29)17-25-23-24(30)28(22-12-8-7-11-21(22)26-23)20-13-15-27(16-14-20)19-9-5-3-2-4-6-10-19;1-2-16-25-23-24(29)28(22-13-9-8-12-21(22)26-23)20-14-17-27(18-15-20)19-10-6-4-3-5-7-11-19/h7-8,12-13,21-22,24H,2-6,9-11,14-19H2,1H3;7-8,13-14,21-22H,1-6,9-12,15-20H2;7-8,11-12,19-20H,2-6,9-10,13-17H2,1H3,(H,25,26);8-9,12-13,19-20H,2-7,10-11,14-18H2,1H3,(H,25,26)/t24-;;;/m0.../s1. The molecule has 18 rings (SSSR count). The zero-order valence-corrected chi connectivity index (χ0v) is 75.0. The monoisotopic (exact) mass is 1680 g/mol. The summed E-state index contributed by atoms with van der Waals surface area (Å²) in [5.41, 5.74) is 7.36. The summed E-state index contributed by atoms with van der Waals surface area (Å²) in [5, 5.41) is 6.21. The number of nitrogens with one attached hydrogen (secondary N) is 2. The summed E-state index contributed by atoms with van der Waals surface area (Å²) in [6.07, 6.45) is 53.0. The Bertz CT molecular complexity index is 4950. The number of anilines is 4. The fraction of sp³-hybridized carbons (Fsp3) is 0.663. The van der Waals surface area contributed by atoms with E-state index in [1.165, 1.54) is 193 Å². The third-order valence-electron chi connectivity index (χ3n) is 29.7. The molecular formula is C101H146N16O6. The second-order valence-electron chi connectivity index (χ2n) is 38.0.